The second kappa shape index (κ2) is 15.2. The predicted octanol–water partition coefficient (Wildman–Crippen LogP) is 6.31. The normalized spacial score (nSPS) is 13.0. The Balaban J connectivity index is 1.03. The van der Waals surface area contributed by atoms with Crippen LogP contribution in [0.15, 0.2) is 97.1 Å². The summed E-state index contributed by atoms with van der Waals surface area (Å²) in [6.45, 7) is 3.30. The molecular weight excluding hydrogens is 616 g/mol. The first-order valence-corrected chi connectivity index (χ1v) is 15.4. The van der Waals surface area contributed by atoms with E-state index in [1.54, 1.807) is 38.1 Å². The SMILES string of the molecule is C[C@H](CC(=O)OCC1c2ccccc2-c2ccccc21)C(=O)N[C@@H](C)C(=O)Cc1ccc(COC(=O)Oc2ccc([N+](=O)[O-])cc2)cc1. The smallest absolute Gasteiger partial charge is 0.465 e. The maximum absolute atomic E-state index is 12.8. The number of nitrogens with zero attached hydrogens (tertiary/aromatic N) is 1. The fraction of sp³-hybridized carbons (Fsp3) is 0.243. The first-order chi connectivity index (χ1) is 23.1. The maximum Gasteiger partial charge on any atom is 0.514 e. The lowest BCUT2D eigenvalue weighted by Crippen LogP contribution is -2.42. The number of hydrogen-bond donors (Lipinski definition) is 1. The van der Waals surface area contributed by atoms with Gasteiger partial charge in [-0.3, -0.25) is 24.5 Å². The zero-order valence-electron chi connectivity index (χ0n) is 26.4. The van der Waals surface area contributed by atoms with Crippen LogP contribution in [0.4, 0.5) is 10.5 Å². The highest BCUT2D eigenvalue weighted by atomic mass is 16.7. The van der Waals surface area contributed by atoms with E-state index in [2.05, 4.69) is 17.4 Å². The molecule has 0 radical (unpaired) electrons. The Morgan fingerprint density at radius 2 is 1.38 bits per heavy atom. The molecule has 11 heteroatoms. The molecule has 0 aromatic heterocycles. The first-order valence-electron chi connectivity index (χ1n) is 15.4. The summed E-state index contributed by atoms with van der Waals surface area (Å²) >= 11 is 0. The third kappa shape index (κ3) is 8.30. The van der Waals surface area contributed by atoms with Crippen molar-refractivity contribution >= 4 is 29.5 Å². The van der Waals surface area contributed by atoms with Gasteiger partial charge in [-0.1, -0.05) is 79.7 Å². The minimum absolute atomic E-state index is 0.0610. The van der Waals surface area contributed by atoms with Crippen molar-refractivity contribution in [3.8, 4) is 16.9 Å². The molecule has 1 aliphatic carbocycles. The molecular formula is C37H34N2O9. The van der Waals surface area contributed by atoms with Gasteiger partial charge in [0, 0.05) is 30.4 Å². The number of esters is 1. The molecule has 0 unspecified atom stereocenters. The van der Waals surface area contributed by atoms with Gasteiger partial charge in [-0.15, -0.1) is 0 Å². The lowest BCUT2D eigenvalue weighted by Gasteiger charge is -2.18. The highest BCUT2D eigenvalue weighted by Crippen LogP contribution is 2.44. The van der Waals surface area contributed by atoms with Crippen molar-refractivity contribution < 1.29 is 38.3 Å². The van der Waals surface area contributed by atoms with E-state index in [0.717, 1.165) is 22.3 Å². The molecule has 0 saturated heterocycles. The number of benzene rings is 4. The van der Waals surface area contributed by atoms with Crippen LogP contribution in [0.25, 0.3) is 11.1 Å². The van der Waals surface area contributed by atoms with Crippen LogP contribution < -0.4 is 10.1 Å². The molecule has 0 saturated carbocycles. The molecule has 0 bridgehead atoms. The van der Waals surface area contributed by atoms with E-state index in [-0.39, 0.29) is 49.2 Å². The number of carbonyl (C=O) groups is 4. The lowest BCUT2D eigenvalue weighted by atomic mass is 9.98. The van der Waals surface area contributed by atoms with E-state index in [1.807, 2.05) is 36.4 Å². The Kier molecular flexibility index (Phi) is 10.6. The first kappa shape index (κ1) is 33.5. The summed E-state index contributed by atoms with van der Waals surface area (Å²) in [5.74, 6) is -1.78. The Labute approximate surface area is 277 Å². The van der Waals surface area contributed by atoms with Crippen molar-refractivity contribution in [2.45, 2.75) is 45.3 Å². The topological polar surface area (TPSA) is 151 Å². The number of non-ortho nitro benzene ring substituents is 1. The molecule has 0 spiro atoms. The Morgan fingerprint density at radius 1 is 0.792 bits per heavy atom. The Morgan fingerprint density at radius 3 is 1.98 bits per heavy atom. The third-order valence-electron chi connectivity index (χ3n) is 8.14. The van der Waals surface area contributed by atoms with Gasteiger partial charge >= 0.3 is 12.1 Å². The van der Waals surface area contributed by atoms with E-state index in [0.29, 0.717) is 11.1 Å². The molecule has 0 aliphatic heterocycles. The fourth-order valence-corrected chi connectivity index (χ4v) is 5.46. The standard InChI is InChI=1S/C37H34N2O9/c1-23(19-35(41)46-22-33-31-9-5-3-7-29(31)30-8-4-6-10-32(30)33)36(42)38-24(2)34(40)20-25-11-13-26(14-12-25)21-47-37(43)48-28-17-15-27(16-18-28)39(44)45/h3-18,23-24,33H,19-22H2,1-2H3,(H,38,42)/t23-,24+/m1/s1. The van der Waals surface area contributed by atoms with Gasteiger partial charge in [-0.05, 0) is 52.4 Å². The Hall–Kier alpha value is -5.84. The molecule has 1 N–H and O–H groups in total. The number of hydrogen-bond acceptors (Lipinski definition) is 9. The number of nitro benzene ring substituents is 1. The number of nitro groups is 1. The van der Waals surface area contributed by atoms with Crippen LogP contribution in [0, 0.1) is 16.0 Å². The minimum Gasteiger partial charge on any atom is -0.465 e. The van der Waals surface area contributed by atoms with E-state index < -0.39 is 34.9 Å². The van der Waals surface area contributed by atoms with Crippen molar-refractivity contribution in [2.24, 2.45) is 5.92 Å². The molecule has 4 aromatic rings. The van der Waals surface area contributed by atoms with E-state index in [1.165, 1.54) is 24.3 Å². The number of carbonyl (C=O) groups excluding carboxylic acids is 4. The summed E-state index contributed by atoms with van der Waals surface area (Å²) in [6.07, 6.45) is -1.03. The van der Waals surface area contributed by atoms with Gasteiger partial charge in [0.25, 0.3) is 5.69 Å². The largest absolute Gasteiger partial charge is 0.514 e. The maximum atomic E-state index is 12.8. The molecule has 48 heavy (non-hydrogen) atoms. The number of Topliss-reactive ketones (excluding diaryl/α,β-unsaturated/α-hetero) is 1. The summed E-state index contributed by atoms with van der Waals surface area (Å²) in [6, 6.07) is 27.2. The molecule has 0 heterocycles. The molecule has 0 fully saturated rings. The van der Waals surface area contributed by atoms with Gasteiger partial charge < -0.3 is 19.5 Å². The van der Waals surface area contributed by atoms with E-state index in [9.17, 15) is 29.3 Å². The second-order valence-electron chi connectivity index (χ2n) is 11.6. The molecule has 11 nitrogen and oxygen atoms in total. The molecule has 4 aromatic carbocycles. The number of amides is 1. The van der Waals surface area contributed by atoms with E-state index in [4.69, 9.17) is 14.2 Å². The highest BCUT2D eigenvalue weighted by molar-refractivity contribution is 5.91. The predicted molar refractivity (Wildman–Crippen MR) is 175 cm³/mol. The van der Waals surface area contributed by atoms with Crippen LogP contribution in [0.3, 0.4) is 0 Å². The number of ketones is 1. The molecule has 246 valence electrons. The fourth-order valence-electron chi connectivity index (χ4n) is 5.46. The molecule has 1 aliphatic rings. The van der Waals surface area contributed by atoms with Crippen LogP contribution in [0.2, 0.25) is 0 Å². The zero-order chi connectivity index (χ0) is 34.2. The van der Waals surface area contributed by atoms with Crippen molar-refractivity contribution in [2.75, 3.05) is 6.61 Å². The van der Waals surface area contributed by atoms with Crippen LogP contribution in [-0.2, 0) is 36.9 Å². The van der Waals surface area contributed by atoms with Crippen LogP contribution >= 0.6 is 0 Å². The summed E-state index contributed by atoms with van der Waals surface area (Å²) in [7, 11) is 0. The number of fused-ring (bicyclic) bond motifs is 3. The summed E-state index contributed by atoms with van der Waals surface area (Å²) in [5.41, 5.74) is 5.69. The van der Waals surface area contributed by atoms with Gasteiger partial charge in [0.2, 0.25) is 5.91 Å². The summed E-state index contributed by atoms with van der Waals surface area (Å²) < 4.78 is 15.7. The number of ether oxygens (including phenoxy) is 3. The average Bonchev–Trinajstić information content (AvgIpc) is 3.40. The summed E-state index contributed by atoms with van der Waals surface area (Å²) in [4.78, 5) is 60.5. The van der Waals surface area contributed by atoms with E-state index >= 15 is 0 Å². The van der Waals surface area contributed by atoms with Crippen LogP contribution in [-0.4, -0.2) is 41.4 Å². The van der Waals surface area contributed by atoms with Crippen molar-refractivity contribution in [1.29, 1.82) is 0 Å². The molecule has 5 rings (SSSR count). The zero-order valence-corrected chi connectivity index (χ0v) is 26.4. The Bertz CT molecular complexity index is 1770. The third-order valence-corrected chi connectivity index (χ3v) is 8.14. The van der Waals surface area contributed by atoms with Crippen molar-refractivity contribution in [3.05, 3.63) is 129 Å². The van der Waals surface area contributed by atoms with Crippen LogP contribution in [0.1, 0.15) is 48.4 Å². The van der Waals surface area contributed by atoms with Gasteiger partial charge in [0.05, 0.1) is 17.4 Å². The van der Waals surface area contributed by atoms with Gasteiger partial charge in [-0.25, -0.2) is 4.79 Å². The molecule has 2 atom stereocenters. The average molecular weight is 651 g/mol. The van der Waals surface area contributed by atoms with Gasteiger partial charge in [0.1, 0.15) is 19.0 Å². The summed E-state index contributed by atoms with van der Waals surface area (Å²) in [5, 5.41) is 13.4. The van der Waals surface area contributed by atoms with Crippen LogP contribution in [0.5, 0.6) is 5.75 Å². The number of nitrogens with one attached hydrogen (secondary N) is 1. The number of rotatable bonds is 13. The molecule has 1 amide bonds. The monoisotopic (exact) mass is 650 g/mol. The van der Waals surface area contributed by atoms with Gasteiger partial charge in [0.15, 0.2) is 5.78 Å². The second-order valence-corrected chi connectivity index (χ2v) is 11.6. The quantitative estimate of drug-likeness (QED) is 0.0760. The van der Waals surface area contributed by atoms with Crippen molar-refractivity contribution in [3.63, 3.8) is 0 Å². The highest BCUT2D eigenvalue weighted by Gasteiger charge is 2.30. The minimum atomic E-state index is -0.972. The van der Waals surface area contributed by atoms with Gasteiger partial charge in [-0.2, -0.15) is 0 Å². The van der Waals surface area contributed by atoms with Crippen molar-refractivity contribution in [1.82, 2.24) is 5.32 Å². The lowest BCUT2D eigenvalue weighted by molar-refractivity contribution is -0.384.